The van der Waals surface area contributed by atoms with Crippen molar-refractivity contribution in [2.75, 3.05) is 7.11 Å². The number of hydrogen-bond donors (Lipinski definition) is 3. The van der Waals surface area contributed by atoms with Crippen LogP contribution in [-0.4, -0.2) is 36.4 Å². The minimum atomic E-state index is -0.975. The lowest BCUT2D eigenvalue weighted by Gasteiger charge is -2.57. The van der Waals surface area contributed by atoms with Gasteiger partial charge in [0, 0.05) is 6.04 Å². The molecule has 7 heteroatoms. The normalized spacial score (nSPS) is 28.4. The molecule has 0 bridgehead atoms. The summed E-state index contributed by atoms with van der Waals surface area (Å²) in [6.07, 6.45) is 2.40. The lowest BCUT2D eigenvalue weighted by molar-refractivity contribution is -0.0843. The molecule has 2 aliphatic rings. The number of nitrogens with one attached hydrogen (secondary N) is 1. The summed E-state index contributed by atoms with van der Waals surface area (Å²) in [6, 6.07) is 5.08. The second-order valence-corrected chi connectivity index (χ2v) is 6.40. The number of amides is 2. The number of hydrogen-bond acceptors (Lipinski definition) is 4. The molecule has 0 aliphatic heterocycles. The maximum Gasteiger partial charge on any atom is 0.404 e. The van der Waals surface area contributed by atoms with Gasteiger partial charge in [-0.3, -0.25) is 4.79 Å². The highest BCUT2D eigenvalue weighted by Gasteiger charge is 2.54. The molecule has 0 heterocycles. The minimum Gasteiger partial charge on any atom is -0.493 e. The molecule has 0 atom stereocenters. The van der Waals surface area contributed by atoms with E-state index >= 15 is 0 Å². The summed E-state index contributed by atoms with van der Waals surface area (Å²) < 4.78 is 11.2. The molecular formula is C16H20N2O5. The van der Waals surface area contributed by atoms with E-state index in [1.54, 1.807) is 18.2 Å². The van der Waals surface area contributed by atoms with Crippen molar-refractivity contribution in [3.63, 3.8) is 0 Å². The number of carbonyl (C=O) groups is 2. The number of para-hydroxylation sites is 1. The molecule has 2 aliphatic carbocycles. The zero-order valence-electron chi connectivity index (χ0n) is 12.9. The minimum absolute atomic E-state index is 0.00446. The number of rotatable bonds is 5. The van der Waals surface area contributed by atoms with Gasteiger partial charge >= 0.3 is 6.09 Å². The molecule has 124 valence electrons. The van der Waals surface area contributed by atoms with Gasteiger partial charge in [-0.2, -0.15) is 0 Å². The molecular weight excluding hydrogens is 300 g/mol. The third-order valence-corrected chi connectivity index (χ3v) is 4.76. The van der Waals surface area contributed by atoms with Gasteiger partial charge < -0.3 is 25.6 Å². The quantitative estimate of drug-likeness (QED) is 0.765. The predicted molar refractivity (Wildman–Crippen MR) is 81.8 cm³/mol. The van der Waals surface area contributed by atoms with Crippen molar-refractivity contribution >= 4 is 12.0 Å². The first-order chi connectivity index (χ1) is 10.9. The van der Waals surface area contributed by atoms with Crippen LogP contribution in [0.5, 0.6) is 11.5 Å². The molecule has 23 heavy (non-hydrogen) atoms. The van der Waals surface area contributed by atoms with Crippen LogP contribution in [0, 0.1) is 5.41 Å². The smallest absolute Gasteiger partial charge is 0.404 e. The molecule has 0 unspecified atom stereocenters. The summed E-state index contributed by atoms with van der Waals surface area (Å²) >= 11 is 0. The monoisotopic (exact) mass is 320 g/mol. The zero-order valence-corrected chi connectivity index (χ0v) is 12.9. The molecule has 1 aromatic rings. The second-order valence-electron chi connectivity index (χ2n) is 6.40. The van der Waals surface area contributed by atoms with Crippen LogP contribution >= 0.6 is 0 Å². The van der Waals surface area contributed by atoms with Crippen LogP contribution in [0.1, 0.15) is 36.0 Å². The first-order valence-corrected chi connectivity index (χ1v) is 7.55. The molecule has 0 radical (unpaired) electrons. The maximum atomic E-state index is 11.5. The Morgan fingerprint density at radius 1 is 1.30 bits per heavy atom. The summed E-state index contributed by atoms with van der Waals surface area (Å²) in [5.74, 6) is 0.325. The third kappa shape index (κ3) is 2.91. The first-order valence-electron chi connectivity index (χ1n) is 7.55. The van der Waals surface area contributed by atoms with E-state index in [-0.39, 0.29) is 17.6 Å². The number of benzene rings is 1. The van der Waals surface area contributed by atoms with E-state index in [1.807, 2.05) is 0 Å². The number of carbonyl (C=O) groups excluding carboxylic acids is 1. The number of nitrogens with two attached hydrogens (primary N) is 1. The molecule has 4 N–H and O–H groups in total. The highest BCUT2D eigenvalue weighted by molar-refractivity contribution is 5.96. The SMILES string of the molecule is COc1cccc(C(N)=O)c1OC1CC2(CC(NC(=O)O)C2)C1. The molecule has 0 aromatic heterocycles. The molecule has 7 nitrogen and oxygen atoms in total. The van der Waals surface area contributed by atoms with Gasteiger partial charge in [-0.25, -0.2) is 4.79 Å². The van der Waals surface area contributed by atoms with Gasteiger partial charge in [-0.05, 0) is 43.2 Å². The first kappa shape index (κ1) is 15.5. The lowest BCUT2D eigenvalue weighted by atomic mass is 9.53. The van der Waals surface area contributed by atoms with Crippen molar-refractivity contribution in [2.24, 2.45) is 11.1 Å². The Hall–Kier alpha value is -2.44. The molecule has 2 amide bonds. The lowest BCUT2D eigenvalue weighted by Crippen LogP contribution is -2.58. The van der Waals surface area contributed by atoms with Crippen molar-refractivity contribution in [1.82, 2.24) is 5.32 Å². The van der Waals surface area contributed by atoms with Gasteiger partial charge in [0.2, 0.25) is 0 Å². The largest absolute Gasteiger partial charge is 0.493 e. The van der Waals surface area contributed by atoms with E-state index in [0.29, 0.717) is 17.1 Å². The second kappa shape index (κ2) is 5.64. The molecule has 0 saturated heterocycles. The van der Waals surface area contributed by atoms with Crippen LogP contribution < -0.4 is 20.5 Å². The van der Waals surface area contributed by atoms with Crippen molar-refractivity contribution in [1.29, 1.82) is 0 Å². The van der Waals surface area contributed by atoms with Crippen molar-refractivity contribution in [3.05, 3.63) is 23.8 Å². The average molecular weight is 320 g/mol. The van der Waals surface area contributed by atoms with Gasteiger partial charge in [-0.1, -0.05) is 6.07 Å². The van der Waals surface area contributed by atoms with Crippen LogP contribution in [0.15, 0.2) is 18.2 Å². The van der Waals surface area contributed by atoms with Crippen LogP contribution in [0.4, 0.5) is 4.79 Å². The van der Waals surface area contributed by atoms with E-state index in [0.717, 1.165) is 25.7 Å². The topological polar surface area (TPSA) is 111 Å². The molecule has 1 spiro atoms. The predicted octanol–water partition coefficient (Wildman–Crippen LogP) is 1.75. The fourth-order valence-corrected chi connectivity index (χ4v) is 3.74. The van der Waals surface area contributed by atoms with E-state index < -0.39 is 12.0 Å². The summed E-state index contributed by atoms with van der Waals surface area (Å²) in [5, 5.41) is 11.2. The fraction of sp³-hybridized carbons (Fsp3) is 0.500. The van der Waals surface area contributed by atoms with Crippen molar-refractivity contribution in [3.8, 4) is 11.5 Å². The van der Waals surface area contributed by atoms with Crippen molar-refractivity contribution in [2.45, 2.75) is 37.8 Å². The van der Waals surface area contributed by atoms with Crippen LogP contribution in [0.2, 0.25) is 0 Å². The highest BCUT2D eigenvalue weighted by Crippen LogP contribution is 2.57. The van der Waals surface area contributed by atoms with E-state index in [9.17, 15) is 9.59 Å². The summed E-state index contributed by atoms with van der Waals surface area (Å²) in [5.41, 5.74) is 5.87. The standard InChI is InChI=1S/C16H20N2O5/c1-22-12-4-2-3-11(14(17)19)13(12)23-10-7-16(8-10)5-9(6-16)18-15(20)21/h2-4,9-10,18H,5-8H2,1H3,(H2,17,19)(H,20,21). The van der Waals surface area contributed by atoms with Crippen LogP contribution in [0.3, 0.4) is 0 Å². The number of methoxy groups -OCH3 is 1. The zero-order chi connectivity index (χ0) is 16.6. The summed E-state index contributed by atoms with van der Waals surface area (Å²) in [6.45, 7) is 0. The van der Waals surface area contributed by atoms with Gasteiger partial charge in [-0.15, -0.1) is 0 Å². The molecule has 2 fully saturated rings. The maximum absolute atomic E-state index is 11.5. The number of carboxylic acid groups (broad SMARTS) is 1. The molecule has 3 rings (SSSR count). The van der Waals surface area contributed by atoms with Crippen LogP contribution in [-0.2, 0) is 0 Å². The Bertz CT molecular complexity index is 631. The van der Waals surface area contributed by atoms with Gasteiger partial charge in [0.1, 0.15) is 6.10 Å². The molecule has 1 aromatic carbocycles. The van der Waals surface area contributed by atoms with E-state index in [1.165, 1.54) is 7.11 Å². The van der Waals surface area contributed by atoms with Gasteiger partial charge in [0.05, 0.1) is 12.7 Å². The average Bonchev–Trinajstić information content (AvgIpc) is 2.41. The van der Waals surface area contributed by atoms with Gasteiger partial charge in [0.25, 0.3) is 5.91 Å². The highest BCUT2D eigenvalue weighted by atomic mass is 16.5. The van der Waals surface area contributed by atoms with Crippen molar-refractivity contribution < 1.29 is 24.2 Å². The number of primary amides is 1. The Balaban J connectivity index is 1.61. The van der Waals surface area contributed by atoms with E-state index in [4.69, 9.17) is 20.3 Å². The fourth-order valence-electron chi connectivity index (χ4n) is 3.74. The summed E-state index contributed by atoms with van der Waals surface area (Å²) in [7, 11) is 1.52. The summed E-state index contributed by atoms with van der Waals surface area (Å²) in [4.78, 5) is 22.1. The number of ether oxygens (including phenoxy) is 2. The third-order valence-electron chi connectivity index (χ3n) is 4.76. The molecule has 2 saturated carbocycles. The Kier molecular flexibility index (Phi) is 3.79. The Morgan fingerprint density at radius 2 is 2.00 bits per heavy atom. The Labute approximate surface area is 133 Å². The van der Waals surface area contributed by atoms with Gasteiger partial charge in [0.15, 0.2) is 11.5 Å². The van der Waals surface area contributed by atoms with Crippen LogP contribution in [0.25, 0.3) is 0 Å². The Morgan fingerprint density at radius 3 is 2.57 bits per heavy atom. The van der Waals surface area contributed by atoms with E-state index in [2.05, 4.69) is 5.32 Å².